The van der Waals surface area contributed by atoms with Crippen LogP contribution in [0.5, 0.6) is 0 Å². The van der Waals surface area contributed by atoms with Crippen molar-refractivity contribution in [1.29, 1.82) is 0 Å². The van der Waals surface area contributed by atoms with E-state index < -0.39 is 0 Å². The Bertz CT molecular complexity index is 661. The van der Waals surface area contributed by atoms with Crippen LogP contribution in [0.3, 0.4) is 0 Å². The monoisotopic (exact) mass is 313 g/mol. The third kappa shape index (κ3) is 4.16. The van der Waals surface area contributed by atoms with Crippen LogP contribution in [0.4, 0.5) is 0 Å². The first-order chi connectivity index (χ1) is 11.2. The fraction of sp³-hybridized carbons (Fsp3) is 0.471. The minimum Gasteiger partial charge on any atom is -0.352 e. The molecule has 2 aromatic rings. The molecule has 1 aliphatic rings. The molecule has 1 amide bonds. The van der Waals surface area contributed by atoms with Crippen LogP contribution >= 0.6 is 0 Å². The molecule has 122 valence electrons. The average Bonchev–Trinajstić information content (AvgIpc) is 3.20. The molecule has 3 N–H and O–H groups in total. The SMILES string of the molecule is Cc1nc(CCNC(=O)c2ccccc2CC2CCNC2)n[nH]1. The molecular formula is C17H23N5O. The van der Waals surface area contributed by atoms with E-state index in [1.807, 2.05) is 25.1 Å². The van der Waals surface area contributed by atoms with Crippen molar-refractivity contribution in [3.63, 3.8) is 0 Å². The summed E-state index contributed by atoms with van der Waals surface area (Å²) in [4.78, 5) is 16.7. The number of carbonyl (C=O) groups is 1. The van der Waals surface area contributed by atoms with Crippen LogP contribution in [-0.2, 0) is 12.8 Å². The minimum atomic E-state index is -0.0150. The summed E-state index contributed by atoms with van der Waals surface area (Å²) in [5.74, 6) is 2.13. The molecule has 1 aliphatic heterocycles. The smallest absolute Gasteiger partial charge is 0.251 e. The van der Waals surface area contributed by atoms with Gasteiger partial charge in [-0.25, -0.2) is 4.98 Å². The zero-order valence-electron chi connectivity index (χ0n) is 13.4. The molecule has 0 bridgehead atoms. The van der Waals surface area contributed by atoms with E-state index in [1.165, 1.54) is 6.42 Å². The highest BCUT2D eigenvalue weighted by atomic mass is 16.1. The van der Waals surface area contributed by atoms with Crippen molar-refractivity contribution < 1.29 is 4.79 Å². The van der Waals surface area contributed by atoms with Gasteiger partial charge in [-0.1, -0.05) is 18.2 Å². The molecule has 0 aliphatic carbocycles. The van der Waals surface area contributed by atoms with Crippen LogP contribution in [0, 0.1) is 12.8 Å². The first-order valence-corrected chi connectivity index (χ1v) is 8.17. The molecule has 1 unspecified atom stereocenters. The van der Waals surface area contributed by atoms with Gasteiger partial charge in [-0.3, -0.25) is 9.89 Å². The second-order valence-electron chi connectivity index (χ2n) is 6.06. The lowest BCUT2D eigenvalue weighted by molar-refractivity contribution is 0.0953. The highest BCUT2D eigenvalue weighted by Crippen LogP contribution is 2.18. The Morgan fingerprint density at radius 3 is 3.00 bits per heavy atom. The van der Waals surface area contributed by atoms with Crippen LogP contribution in [0.25, 0.3) is 0 Å². The van der Waals surface area contributed by atoms with E-state index in [-0.39, 0.29) is 5.91 Å². The Morgan fingerprint density at radius 2 is 2.26 bits per heavy atom. The highest BCUT2D eigenvalue weighted by Gasteiger charge is 2.18. The molecule has 3 rings (SSSR count). The summed E-state index contributed by atoms with van der Waals surface area (Å²) in [7, 11) is 0. The quantitative estimate of drug-likeness (QED) is 0.749. The summed E-state index contributed by atoms with van der Waals surface area (Å²) in [6, 6.07) is 7.89. The van der Waals surface area contributed by atoms with Gasteiger partial charge < -0.3 is 10.6 Å². The van der Waals surface area contributed by atoms with Crippen molar-refractivity contribution in [2.45, 2.75) is 26.2 Å². The molecule has 23 heavy (non-hydrogen) atoms. The topological polar surface area (TPSA) is 82.7 Å². The number of hydrogen-bond acceptors (Lipinski definition) is 4. The lowest BCUT2D eigenvalue weighted by Crippen LogP contribution is -2.27. The number of nitrogens with one attached hydrogen (secondary N) is 3. The summed E-state index contributed by atoms with van der Waals surface area (Å²) >= 11 is 0. The molecule has 1 aromatic heterocycles. The van der Waals surface area contributed by atoms with Crippen LogP contribution in [-0.4, -0.2) is 40.7 Å². The van der Waals surface area contributed by atoms with E-state index in [0.29, 0.717) is 18.9 Å². The van der Waals surface area contributed by atoms with Crippen molar-refractivity contribution >= 4 is 5.91 Å². The highest BCUT2D eigenvalue weighted by molar-refractivity contribution is 5.95. The van der Waals surface area contributed by atoms with Crippen LogP contribution in [0.15, 0.2) is 24.3 Å². The molecule has 0 radical (unpaired) electrons. The largest absolute Gasteiger partial charge is 0.352 e. The number of amides is 1. The van der Waals surface area contributed by atoms with Crippen LogP contribution < -0.4 is 10.6 Å². The maximum atomic E-state index is 12.5. The van der Waals surface area contributed by atoms with Crippen molar-refractivity contribution in [2.24, 2.45) is 5.92 Å². The number of hydrogen-bond donors (Lipinski definition) is 3. The molecule has 1 saturated heterocycles. The number of H-pyrrole nitrogens is 1. The Hall–Kier alpha value is -2.21. The Labute approximate surface area is 136 Å². The maximum Gasteiger partial charge on any atom is 0.251 e. The van der Waals surface area contributed by atoms with E-state index >= 15 is 0 Å². The minimum absolute atomic E-state index is 0.0150. The van der Waals surface area contributed by atoms with Gasteiger partial charge in [-0.2, -0.15) is 5.10 Å². The van der Waals surface area contributed by atoms with Crippen molar-refractivity contribution in [3.8, 4) is 0 Å². The number of rotatable bonds is 6. The van der Waals surface area contributed by atoms with Gasteiger partial charge in [0.1, 0.15) is 5.82 Å². The molecule has 1 atom stereocenters. The third-order valence-electron chi connectivity index (χ3n) is 4.21. The lowest BCUT2D eigenvalue weighted by Gasteiger charge is -2.13. The molecular weight excluding hydrogens is 290 g/mol. The predicted octanol–water partition coefficient (Wildman–Crippen LogP) is 1.24. The van der Waals surface area contributed by atoms with Gasteiger partial charge in [-0.15, -0.1) is 0 Å². The van der Waals surface area contributed by atoms with Gasteiger partial charge >= 0.3 is 0 Å². The first-order valence-electron chi connectivity index (χ1n) is 8.17. The van der Waals surface area contributed by atoms with Gasteiger partial charge in [0.05, 0.1) is 0 Å². The fourth-order valence-electron chi connectivity index (χ4n) is 3.00. The number of aryl methyl sites for hydroxylation is 1. The Morgan fingerprint density at radius 1 is 1.39 bits per heavy atom. The van der Waals surface area contributed by atoms with Gasteiger partial charge in [0, 0.05) is 18.5 Å². The molecule has 0 saturated carbocycles. The van der Waals surface area contributed by atoms with Gasteiger partial charge in [0.15, 0.2) is 5.82 Å². The Kier molecular flexibility index (Phi) is 5.02. The number of nitrogens with zero attached hydrogens (tertiary/aromatic N) is 2. The first kappa shape index (κ1) is 15.7. The predicted molar refractivity (Wildman–Crippen MR) is 88.3 cm³/mol. The van der Waals surface area contributed by atoms with Crippen molar-refractivity contribution in [2.75, 3.05) is 19.6 Å². The summed E-state index contributed by atoms with van der Waals surface area (Å²) in [6.07, 6.45) is 2.77. The summed E-state index contributed by atoms with van der Waals surface area (Å²) in [5, 5.41) is 13.2. The second-order valence-corrected chi connectivity index (χ2v) is 6.06. The maximum absolute atomic E-state index is 12.5. The number of carbonyl (C=O) groups excluding carboxylic acids is 1. The summed E-state index contributed by atoms with van der Waals surface area (Å²) in [5.41, 5.74) is 1.91. The molecule has 1 aromatic carbocycles. The van der Waals surface area contributed by atoms with E-state index in [2.05, 4.69) is 31.9 Å². The van der Waals surface area contributed by atoms with Gasteiger partial charge in [0.25, 0.3) is 5.91 Å². The number of aromatic nitrogens is 3. The van der Waals surface area contributed by atoms with Gasteiger partial charge in [-0.05, 0) is 50.4 Å². The third-order valence-corrected chi connectivity index (χ3v) is 4.21. The van der Waals surface area contributed by atoms with E-state index in [0.717, 1.165) is 42.3 Å². The molecule has 0 spiro atoms. The zero-order valence-corrected chi connectivity index (χ0v) is 13.4. The van der Waals surface area contributed by atoms with E-state index in [1.54, 1.807) is 0 Å². The summed E-state index contributed by atoms with van der Waals surface area (Å²) in [6.45, 7) is 4.52. The lowest BCUT2D eigenvalue weighted by atomic mass is 9.94. The zero-order chi connectivity index (χ0) is 16.1. The molecule has 2 heterocycles. The normalized spacial score (nSPS) is 17.3. The Balaban J connectivity index is 1.57. The molecule has 1 fully saturated rings. The number of aromatic amines is 1. The van der Waals surface area contributed by atoms with Crippen LogP contribution in [0.2, 0.25) is 0 Å². The molecule has 6 nitrogen and oxygen atoms in total. The van der Waals surface area contributed by atoms with Crippen LogP contribution in [0.1, 0.15) is 34.0 Å². The van der Waals surface area contributed by atoms with E-state index in [4.69, 9.17) is 0 Å². The van der Waals surface area contributed by atoms with Crippen molar-refractivity contribution in [1.82, 2.24) is 25.8 Å². The standard InChI is InChI=1S/C17H23N5O/c1-12-20-16(22-21-12)7-9-19-17(23)15-5-3-2-4-14(15)10-13-6-8-18-11-13/h2-5,13,18H,6-11H2,1H3,(H,19,23)(H,20,21,22). The average molecular weight is 313 g/mol. The van der Waals surface area contributed by atoms with E-state index in [9.17, 15) is 4.79 Å². The van der Waals surface area contributed by atoms with Gasteiger partial charge in [0.2, 0.25) is 0 Å². The molecule has 6 heteroatoms. The number of benzene rings is 1. The second kappa shape index (κ2) is 7.37. The summed E-state index contributed by atoms with van der Waals surface area (Å²) < 4.78 is 0. The fourth-order valence-corrected chi connectivity index (χ4v) is 3.00. The van der Waals surface area contributed by atoms with Crippen molar-refractivity contribution in [3.05, 3.63) is 47.0 Å².